The van der Waals surface area contributed by atoms with E-state index in [1.54, 1.807) is 6.07 Å². The molecule has 1 amide bonds. The van der Waals surface area contributed by atoms with Crippen LogP contribution >= 0.6 is 11.6 Å². The number of halogens is 1. The summed E-state index contributed by atoms with van der Waals surface area (Å²) in [6, 6.07) is 9.66. The smallest absolute Gasteiger partial charge is 0.335 e. The number of carbonyl (C=O) groups is 2. The number of rotatable bonds is 3. The van der Waals surface area contributed by atoms with Crippen molar-refractivity contribution in [2.45, 2.75) is 13.8 Å². The van der Waals surface area contributed by atoms with Gasteiger partial charge in [0.05, 0.1) is 16.3 Å². The molecule has 2 N–H and O–H groups in total. The van der Waals surface area contributed by atoms with Crippen LogP contribution < -0.4 is 5.32 Å². The molecule has 2 aromatic carbocycles. The van der Waals surface area contributed by atoms with Gasteiger partial charge in [0.25, 0.3) is 5.91 Å². The van der Waals surface area contributed by atoms with E-state index in [0.29, 0.717) is 5.56 Å². The van der Waals surface area contributed by atoms with Crippen LogP contribution in [0.25, 0.3) is 0 Å². The summed E-state index contributed by atoms with van der Waals surface area (Å²) in [4.78, 5) is 23.2. The van der Waals surface area contributed by atoms with Crippen LogP contribution in [0.4, 0.5) is 5.69 Å². The van der Waals surface area contributed by atoms with Gasteiger partial charge in [-0.3, -0.25) is 4.79 Å². The van der Waals surface area contributed by atoms with Gasteiger partial charge in [-0.2, -0.15) is 0 Å². The maximum atomic E-state index is 12.3. The summed E-state index contributed by atoms with van der Waals surface area (Å²) >= 11 is 5.99. The lowest BCUT2D eigenvalue weighted by atomic mass is 10.1. The summed E-state index contributed by atoms with van der Waals surface area (Å²) in [7, 11) is 0. The minimum absolute atomic E-state index is 0.0651. The molecular weight excluding hydrogens is 290 g/mol. The first-order valence-corrected chi connectivity index (χ1v) is 6.67. The Kier molecular flexibility index (Phi) is 4.29. The van der Waals surface area contributed by atoms with E-state index in [9.17, 15) is 9.59 Å². The third kappa shape index (κ3) is 3.41. The summed E-state index contributed by atoms with van der Waals surface area (Å²) in [5, 5.41) is 11.9. The van der Waals surface area contributed by atoms with Crippen LogP contribution in [-0.2, 0) is 0 Å². The predicted octanol–water partition coefficient (Wildman–Crippen LogP) is 3.91. The topological polar surface area (TPSA) is 66.4 Å². The van der Waals surface area contributed by atoms with Crippen molar-refractivity contribution in [1.82, 2.24) is 0 Å². The third-order valence-corrected chi connectivity index (χ3v) is 3.42. The van der Waals surface area contributed by atoms with Crippen molar-refractivity contribution in [2.75, 3.05) is 5.32 Å². The lowest BCUT2D eigenvalue weighted by Crippen LogP contribution is -2.14. The van der Waals surface area contributed by atoms with E-state index < -0.39 is 5.97 Å². The average molecular weight is 304 g/mol. The second-order valence-corrected chi connectivity index (χ2v) is 5.18. The van der Waals surface area contributed by atoms with Crippen LogP contribution in [0.1, 0.15) is 31.8 Å². The molecule has 21 heavy (non-hydrogen) atoms. The molecule has 0 bridgehead atoms. The molecule has 2 rings (SSSR count). The summed E-state index contributed by atoms with van der Waals surface area (Å²) in [5.74, 6) is -1.40. The average Bonchev–Trinajstić information content (AvgIpc) is 2.40. The van der Waals surface area contributed by atoms with Gasteiger partial charge in [0.15, 0.2) is 0 Å². The fourth-order valence-corrected chi connectivity index (χ4v) is 2.18. The van der Waals surface area contributed by atoms with Crippen LogP contribution in [0.5, 0.6) is 0 Å². The van der Waals surface area contributed by atoms with E-state index >= 15 is 0 Å². The van der Waals surface area contributed by atoms with Gasteiger partial charge in [0.1, 0.15) is 0 Å². The molecule has 0 fully saturated rings. The Bertz CT molecular complexity index is 725. The lowest BCUT2D eigenvalue weighted by molar-refractivity contribution is 0.0696. The molecule has 2 aromatic rings. The van der Waals surface area contributed by atoms with Crippen molar-refractivity contribution in [3.8, 4) is 0 Å². The molecule has 0 aliphatic rings. The molecule has 0 heterocycles. The fraction of sp³-hybridized carbons (Fsp3) is 0.125. The Balaban J connectivity index is 2.31. The standard InChI is InChI=1S/C16H14ClNO3/c1-9-3-5-12(10(2)7-9)15(19)18-14-8-11(16(20)21)4-6-13(14)17/h3-8H,1-2H3,(H,18,19)(H,20,21). The van der Waals surface area contributed by atoms with E-state index in [2.05, 4.69) is 5.32 Å². The first-order chi connectivity index (χ1) is 9.88. The van der Waals surface area contributed by atoms with Gasteiger partial charge >= 0.3 is 5.97 Å². The Labute approximate surface area is 127 Å². The zero-order chi connectivity index (χ0) is 15.6. The van der Waals surface area contributed by atoms with Crippen molar-refractivity contribution in [2.24, 2.45) is 0 Å². The highest BCUT2D eigenvalue weighted by molar-refractivity contribution is 6.34. The molecule has 0 aliphatic heterocycles. The number of amides is 1. The van der Waals surface area contributed by atoms with Crippen LogP contribution in [0.2, 0.25) is 5.02 Å². The lowest BCUT2D eigenvalue weighted by Gasteiger charge is -2.10. The van der Waals surface area contributed by atoms with E-state index in [4.69, 9.17) is 16.7 Å². The molecule has 4 nitrogen and oxygen atoms in total. The highest BCUT2D eigenvalue weighted by atomic mass is 35.5. The van der Waals surface area contributed by atoms with Crippen LogP contribution in [0, 0.1) is 13.8 Å². The second-order valence-electron chi connectivity index (χ2n) is 4.77. The number of carboxylic acid groups (broad SMARTS) is 1. The highest BCUT2D eigenvalue weighted by Crippen LogP contribution is 2.24. The normalized spacial score (nSPS) is 10.2. The SMILES string of the molecule is Cc1ccc(C(=O)Nc2cc(C(=O)O)ccc2Cl)c(C)c1. The molecular formula is C16H14ClNO3. The summed E-state index contributed by atoms with van der Waals surface area (Å²) in [6.45, 7) is 3.79. The van der Waals surface area contributed by atoms with Gasteiger partial charge in [-0.25, -0.2) is 4.79 Å². The monoisotopic (exact) mass is 303 g/mol. The van der Waals surface area contributed by atoms with Crippen molar-refractivity contribution in [1.29, 1.82) is 0 Å². The van der Waals surface area contributed by atoms with E-state index in [0.717, 1.165) is 11.1 Å². The van der Waals surface area contributed by atoms with Crippen LogP contribution in [0.3, 0.4) is 0 Å². The van der Waals surface area contributed by atoms with Crippen molar-refractivity contribution < 1.29 is 14.7 Å². The summed E-state index contributed by atoms with van der Waals surface area (Å²) < 4.78 is 0. The molecule has 0 radical (unpaired) electrons. The van der Waals surface area contributed by atoms with E-state index in [1.165, 1.54) is 18.2 Å². The maximum Gasteiger partial charge on any atom is 0.335 e. The number of hydrogen-bond acceptors (Lipinski definition) is 2. The second kappa shape index (κ2) is 5.97. The Morgan fingerprint density at radius 2 is 1.81 bits per heavy atom. The summed E-state index contributed by atoms with van der Waals surface area (Å²) in [6.07, 6.45) is 0. The predicted molar refractivity (Wildman–Crippen MR) is 82.3 cm³/mol. The van der Waals surface area contributed by atoms with Gasteiger partial charge in [0, 0.05) is 5.56 Å². The van der Waals surface area contributed by atoms with E-state index in [1.807, 2.05) is 26.0 Å². The molecule has 0 atom stereocenters. The molecule has 0 aliphatic carbocycles. The number of benzene rings is 2. The van der Waals surface area contributed by atoms with Crippen LogP contribution in [0.15, 0.2) is 36.4 Å². The summed E-state index contributed by atoms with van der Waals surface area (Å²) in [5.41, 5.74) is 2.78. The molecule has 0 saturated heterocycles. The van der Waals surface area contributed by atoms with Gasteiger partial charge < -0.3 is 10.4 Å². The maximum absolute atomic E-state index is 12.3. The number of anilines is 1. The van der Waals surface area contributed by atoms with Crippen molar-refractivity contribution >= 4 is 29.2 Å². The third-order valence-electron chi connectivity index (χ3n) is 3.09. The van der Waals surface area contributed by atoms with Gasteiger partial charge in [-0.05, 0) is 43.7 Å². The molecule has 0 spiro atoms. The molecule has 108 valence electrons. The van der Waals surface area contributed by atoms with E-state index in [-0.39, 0.29) is 22.2 Å². The molecule has 0 saturated carbocycles. The Morgan fingerprint density at radius 1 is 1.10 bits per heavy atom. The first-order valence-electron chi connectivity index (χ1n) is 6.30. The van der Waals surface area contributed by atoms with Crippen molar-refractivity contribution in [3.63, 3.8) is 0 Å². The van der Waals surface area contributed by atoms with Gasteiger partial charge in [0.2, 0.25) is 0 Å². The highest BCUT2D eigenvalue weighted by Gasteiger charge is 2.13. The van der Waals surface area contributed by atoms with Crippen molar-refractivity contribution in [3.05, 3.63) is 63.7 Å². The van der Waals surface area contributed by atoms with Gasteiger partial charge in [-0.15, -0.1) is 0 Å². The molecule has 5 heteroatoms. The minimum atomic E-state index is -1.08. The quantitative estimate of drug-likeness (QED) is 0.903. The minimum Gasteiger partial charge on any atom is -0.478 e. The molecule has 0 aromatic heterocycles. The number of hydrogen-bond donors (Lipinski definition) is 2. The number of aromatic carboxylic acids is 1. The largest absolute Gasteiger partial charge is 0.478 e. The number of aryl methyl sites for hydroxylation is 2. The van der Waals surface area contributed by atoms with Gasteiger partial charge in [-0.1, -0.05) is 29.3 Å². The Morgan fingerprint density at radius 3 is 2.43 bits per heavy atom. The zero-order valence-electron chi connectivity index (χ0n) is 11.6. The number of carbonyl (C=O) groups excluding carboxylic acids is 1. The fourth-order valence-electron chi connectivity index (χ4n) is 2.01. The van der Waals surface area contributed by atoms with Crippen LogP contribution in [-0.4, -0.2) is 17.0 Å². The Hall–Kier alpha value is -2.33. The number of nitrogens with one attached hydrogen (secondary N) is 1. The zero-order valence-corrected chi connectivity index (χ0v) is 12.4. The first kappa shape index (κ1) is 15.1. The molecule has 0 unspecified atom stereocenters. The number of carboxylic acids is 1.